The average Bonchev–Trinajstić information content (AvgIpc) is 2.53. The zero-order valence-corrected chi connectivity index (χ0v) is 17.3. The summed E-state index contributed by atoms with van der Waals surface area (Å²) in [4.78, 5) is 24.3. The maximum Gasteiger partial charge on any atom is 0.482 e. The molecule has 6 nitrogen and oxygen atoms in total. The molecule has 0 aromatic carbocycles. The Morgan fingerprint density at radius 3 is 1.84 bits per heavy atom. The van der Waals surface area contributed by atoms with E-state index in [0.717, 1.165) is 0 Å². The van der Waals surface area contributed by atoms with Crippen LogP contribution in [0.15, 0.2) is 0 Å². The van der Waals surface area contributed by atoms with Gasteiger partial charge >= 0.3 is 7.12 Å². The van der Waals surface area contributed by atoms with E-state index in [2.05, 4.69) is 26.1 Å². The highest BCUT2D eigenvalue weighted by Gasteiger charge is 2.54. The molecule has 0 spiro atoms. The summed E-state index contributed by atoms with van der Waals surface area (Å²) in [7, 11) is -0.716. The average molecular weight is 354 g/mol. The van der Waals surface area contributed by atoms with E-state index in [4.69, 9.17) is 15.0 Å². The lowest BCUT2D eigenvalue weighted by Crippen LogP contribution is -2.53. The fraction of sp³-hybridized carbons (Fsp3) is 0.889. The second-order valence-corrected chi connectivity index (χ2v) is 10.00. The predicted molar refractivity (Wildman–Crippen MR) is 99.7 cm³/mol. The molecule has 7 heteroatoms. The van der Waals surface area contributed by atoms with Gasteiger partial charge < -0.3 is 20.4 Å². The lowest BCUT2D eigenvalue weighted by Gasteiger charge is -2.33. The minimum atomic E-state index is -0.716. The van der Waals surface area contributed by atoms with Crippen LogP contribution < -0.4 is 11.1 Å². The Morgan fingerprint density at radius 2 is 1.48 bits per heavy atom. The van der Waals surface area contributed by atoms with Crippen LogP contribution in [-0.2, 0) is 18.9 Å². The SMILES string of the molecule is CC(C)(C)CC(C)(C)C(=O)N[C@@H](CC(N)=O)B1OC(C)(C)C(C)(C)O1. The highest BCUT2D eigenvalue weighted by molar-refractivity contribution is 6.48. The molecule has 1 atom stereocenters. The molecular weight excluding hydrogens is 319 g/mol. The lowest BCUT2D eigenvalue weighted by atomic mass is 9.73. The molecule has 2 amide bonds. The van der Waals surface area contributed by atoms with Crippen molar-refractivity contribution in [1.29, 1.82) is 0 Å². The van der Waals surface area contributed by atoms with E-state index in [1.54, 1.807) is 0 Å². The summed E-state index contributed by atoms with van der Waals surface area (Å²) in [5, 5.41) is 2.94. The fourth-order valence-electron chi connectivity index (χ4n) is 3.25. The monoisotopic (exact) mass is 354 g/mol. The van der Waals surface area contributed by atoms with Crippen molar-refractivity contribution in [1.82, 2.24) is 5.32 Å². The molecule has 1 heterocycles. The Hall–Kier alpha value is -1.08. The minimum Gasteiger partial charge on any atom is -0.402 e. The molecule has 1 aliphatic heterocycles. The third-order valence-electron chi connectivity index (χ3n) is 4.92. The first-order valence-corrected chi connectivity index (χ1v) is 8.92. The minimum absolute atomic E-state index is 0.00433. The molecule has 0 unspecified atom stereocenters. The smallest absolute Gasteiger partial charge is 0.402 e. The van der Waals surface area contributed by atoms with Gasteiger partial charge in [0, 0.05) is 11.8 Å². The standard InChI is InChI=1S/C18H35BN2O4/c1-15(2,3)11-16(4,5)14(23)21-12(10-13(20)22)19-24-17(6,7)18(8,9)25-19/h12H,10-11H2,1-9H3,(H2,20,22)(H,21,23)/t12-/m0/s1. The molecule has 1 aliphatic rings. The second kappa shape index (κ2) is 6.91. The van der Waals surface area contributed by atoms with E-state index in [1.807, 2.05) is 41.5 Å². The van der Waals surface area contributed by atoms with Crippen molar-refractivity contribution in [3.63, 3.8) is 0 Å². The molecule has 0 aromatic heterocycles. The second-order valence-electron chi connectivity index (χ2n) is 10.00. The Labute approximate surface area is 152 Å². The van der Waals surface area contributed by atoms with Crippen molar-refractivity contribution in [3.8, 4) is 0 Å². The number of carbonyl (C=O) groups is 2. The third kappa shape index (κ3) is 5.71. The highest BCUT2D eigenvalue weighted by atomic mass is 16.7. The van der Waals surface area contributed by atoms with E-state index >= 15 is 0 Å². The Kier molecular flexibility index (Phi) is 6.07. The van der Waals surface area contributed by atoms with Crippen LogP contribution in [0.5, 0.6) is 0 Å². The van der Waals surface area contributed by atoms with Crippen LogP contribution in [0.25, 0.3) is 0 Å². The van der Waals surface area contributed by atoms with Gasteiger partial charge in [-0.1, -0.05) is 34.6 Å². The lowest BCUT2D eigenvalue weighted by molar-refractivity contribution is -0.131. The highest BCUT2D eigenvalue weighted by Crippen LogP contribution is 2.38. The van der Waals surface area contributed by atoms with E-state index in [-0.39, 0.29) is 17.7 Å². The topological polar surface area (TPSA) is 90.7 Å². The number of nitrogens with one attached hydrogen (secondary N) is 1. The van der Waals surface area contributed by atoms with Crippen molar-refractivity contribution in [3.05, 3.63) is 0 Å². The summed E-state index contributed by atoms with van der Waals surface area (Å²) < 4.78 is 12.0. The molecule has 1 saturated heterocycles. The van der Waals surface area contributed by atoms with Crippen molar-refractivity contribution in [2.24, 2.45) is 16.6 Å². The maximum atomic E-state index is 12.8. The van der Waals surface area contributed by atoms with Crippen LogP contribution in [0, 0.1) is 10.8 Å². The van der Waals surface area contributed by atoms with Gasteiger partial charge in [0.2, 0.25) is 11.8 Å². The summed E-state index contributed by atoms with van der Waals surface area (Å²) in [5.74, 6) is -1.26. The molecule has 1 fully saturated rings. The molecule has 1 rings (SSSR count). The molecule has 0 saturated carbocycles. The van der Waals surface area contributed by atoms with Crippen LogP contribution in [0.2, 0.25) is 0 Å². The van der Waals surface area contributed by atoms with Gasteiger partial charge in [-0.25, -0.2) is 0 Å². The first-order valence-electron chi connectivity index (χ1n) is 8.92. The van der Waals surface area contributed by atoms with Gasteiger partial charge in [-0.2, -0.15) is 0 Å². The van der Waals surface area contributed by atoms with Gasteiger partial charge in [-0.05, 0) is 39.5 Å². The van der Waals surface area contributed by atoms with Gasteiger partial charge in [0.1, 0.15) is 0 Å². The zero-order valence-electron chi connectivity index (χ0n) is 17.3. The maximum absolute atomic E-state index is 12.8. The molecule has 0 aromatic rings. The summed E-state index contributed by atoms with van der Waals surface area (Å²) in [6.45, 7) is 17.8. The Morgan fingerprint density at radius 1 is 1.04 bits per heavy atom. The van der Waals surface area contributed by atoms with Crippen LogP contribution >= 0.6 is 0 Å². The first-order chi connectivity index (χ1) is 11.0. The van der Waals surface area contributed by atoms with Crippen molar-refractivity contribution in [2.45, 2.75) is 92.3 Å². The zero-order chi connectivity index (χ0) is 19.8. The number of amides is 2. The van der Waals surface area contributed by atoms with E-state index < -0.39 is 35.6 Å². The van der Waals surface area contributed by atoms with Gasteiger partial charge in [0.25, 0.3) is 0 Å². The first kappa shape index (κ1) is 22.0. The summed E-state index contributed by atoms with van der Waals surface area (Å²) in [5.41, 5.74) is 3.72. The molecule has 0 radical (unpaired) electrons. The van der Waals surface area contributed by atoms with E-state index in [9.17, 15) is 9.59 Å². The van der Waals surface area contributed by atoms with Crippen LogP contribution in [0.4, 0.5) is 0 Å². The van der Waals surface area contributed by atoms with Gasteiger partial charge in [-0.3, -0.25) is 9.59 Å². The Bertz CT molecular complexity index is 508. The molecule has 144 valence electrons. The molecular formula is C18H35BN2O4. The van der Waals surface area contributed by atoms with Crippen molar-refractivity contribution >= 4 is 18.9 Å². The number of carbonyl (C=O) groups excluding carboxylic acids is 2. The van der Waals surface area contributed by atoms with Crippen molar-refractivity contribution < 1.29 is 18.9 Å². The van der Waals surface area contributed by atoms with Crippen LogP contribution in [-0.4, -0.2) is 36.1 Å². The molecule has 0 aliphatic carbocycles. The van der Waals surface area contributed by atoms with Gasteiger partial charge in [0.05, 0.1) is 17.1 Å². The summed E-state index contributed by atoms with van der Waals surface area (Å²) in [6, 6.07) is 0. The predicted octanol–water partition coefficient (Wildman–Crippen LogP) is 2.44. The van der Waals surface area contributed by atoms with Gasteiger partial charge in [-0.15, -0.1) is 0 Å². The normalized spacial score (nSPS) is 21.1. The molecule has 3 N–H and O–H groups in total. The largest absolute Gasteiger partial charge is 0.482 e. The number of rotatable bonds is 6. The van der Waals surface area contributed by atoms with E-state index in [1.165, 1.54) is 0 Å². The third-order valence-corrected chi connectivity index (χ3v) is 4.92. The molecule has 25 heavy (non-hydrogen) atoms. The summed E-state index contributed by atoms with van der Waals surface area (Å²) in [6.07, 6.45) is 0.673. The van der Waals surface area contributed by atoms with Crippen LogP contribution in [0.1, 0.15) is 75.2 Å². The number of hydrogen-bond acceptors (Lipinski definition) is 4. The Balaban J connectivity index is 2.95. The number of hydrogen-bond donors (Lipinski definition) is 2. The van der Waals surface area contributed by atoms with Crippen molar-refractivity contribution in [2.75, 3.05) is 0 Å². The fourth-order valence-corrected chi connectivity index (χ4v) is 3.25. The summed E-state index contributed by atoms with van der Waals surface area (Å²) >= 11 is 0. The quantitative estimate of drug-likeness (QED) is 0.717. The number of nitrogens with two attached hydrogens (primary N) is 1. The number of primary amides is 1. The molecule has 0 bridgehead atoms. The van der Waals surface area contributed by atoms with Gasteiger partial charge in [0.15, 0.2) is 0 Å². The van der Waals surface area contributed by atoms with E-state index in [0.29, 0.717) is 6.42 Å². The van der Waals surface area contributed by atoms with Crippen LogP contribution in [0.3, 0.4) is 0 Å².